The van der Waals surface area contributed by atoms with E-state index in [9.17, 15) is 22.4 Å². The van der Waals surface area contributed by atoms with Crippen LogP contribution in [0.1, 0.15) is 5.56 Å². The largest absolute Gasteiger partial charge is 0.336 e. The minimum Gasteiger partial charge on any atom is -0.336 e. The molecule has 9 heteroatoms. The Labute approximate surface area is 194 Å². The molecule has 0 aliphatic carbocycles. The van der Waals surface area contributed by atoms with E-state index in [4.69, 9.17) is 11.6 Å². The second-order valence-corrected chi connectivity index (χ2v) is 9.79. The fourth-order valence-electron chi connectivity index (χ4n) is 3.46. The molecule has 0 spiro atoms. The van der Waals surface area contributed by atoms with Gasteiger partial charge in [0.05, 0.1) is 10.4 Å². The summed E-state index contributed by atoms with van der Waals surface area (Å²) in [5.41, 5.74) is 0.836. The topological polar surface area (TPSA) is 85.2 Å². The Morgan fingerprint density at radius 3 is 2.45 bits per heavy atom. The predicted molar refractivity (Wildman–Crippen MR) is 125 cm³/mol. The molecule has 1 N–H and O–H groups in total. The maximum absolute atomic E-state index is 13.9. The lowest BCUT2D eigenvalue weighted by Gasteiger charge is -2.15. The maximum Gasteiger partial charge on any atom is 0.244 e. The number of anilines is 1. The Bertz CT molecular complexity index is 1550. The molecule has 0 aliphatic heterocycles. The SMILES string of the molecule is Cc1ccccc1NC(=O)Cn1cc(S(=O)(=O)c2ccc(Cl)cc2)c(=O)c2cc(F)ccc21. The van der Waals surface area contributed by atoms with Crippen molar-refractivity contribution < 1.29 is 17.6 Å². The zero-order chi connectivity index (χ0) is 23.8. The molecule has 0 radical (unpaired) electrons. The zero-order valence-corrected chi connectivity index (χ0v) is 19.0. The highest BCUT2D eigenvalue weighted by Crippen LogP contribution is 2.23. The van der Waals surface area contributed by atoms with Crippen molar-refractivity contribution in [1.29, 1.82) is 0 Å². The number of carbonyl (C=O) groups is 1. The van der Waals surface area contributed by atoms with Crippen molar-refractivity contribution in [2.24, 2.45) is 0 Å². The van der Waals surface area contributed by atoms with Gasteiger partial charge in [-0.25, -0.2) is 12.8 Å². The van der Waals surface area contributed by atoms with Crippen molar-refractivity contribution in [1.82, 2.24) is 4.57 Å². The number of fused-ring (bicyclic) bond motifs is 1. The summed E-state index contributed by atoms with van der Waals surface area (Å²) in [6, 6.07) is 16.0. The molecule has 0 unspecified atom stereocenters. The Balaban J connectivity index is 1.83. The van der Waals surface area contributed by atoms with Gasteiger partial charge in [0.2, 0.25) is 21.2 Å². The van der Waals surface area contributed by atoms with Gasteiger partial charge in [-0.3, -0.25) is 9.59 Å². The molecule has 4 aromatic rings. The van der Waals surface area contributed by atoms with E-state index in [1.165, 1.54) is 34.9 Å². The standard InChI is InChI=1S/C24H18ClFN2O4S/c1-15-4-2-3-5-20(15)27-23(29)14-28-13-22(24(30)19-12-17(26)8-11-21(19)28)33(31,32)18-9-6-16(25)7-10-18/h2-13H,14H2,1H3,(H,27,29). The van der Waals surface area contributed by atoms with Crippen LogP contribution in [0, 0.1) is 12.7 Å². The van der Waals surface area contributed by atoms with Crippen molar-refractivity contribution >= 4 is 43.9 Å². The van der Waals surface area contributed by atoms with Gasteiger partial charge in [0.15, 0.2) is 0 Å². The first kappa shape index (κ1) is 22.7. The summed E-state index contributed by atoms with van der Waals surface area (Å²) in [4.78, 5) is 25.1. The lowest BCUT2D eigenvalue weighted by Crippen LogP contribution is -2.24. The molecule has 0 aliphatic rings. The number of carbonyl (C=O) groups excluding carboxylic acids is 1. The van der Waals surface area contributed by atoms with Gasteiger partial charge >= 0.3 is 0 Å². The molecule has 4 rings (SSSR count). The number of pyridine rings is 1. The van der Waals surface area contributed by atoms with Crippen LogP contribution in [0.3, 0.4) is 0 Å². The van der Waals surface area contributed by atoms with Gasteiger partial charge in [0.1, 0.15) is 17.3 Å². The first-order chi connectivity index (χ1) is 15.7. The second kappa shape index (κ2) is 8.80. The summed E-state index contributed by atoms with van der Waals surface area (Å²) < 4.78 is 41.7. The van der Waals surface area contributed by atoms with Gasteiger partial charge in [-0.2, -0.15) is 0 Å². The molecule has 0 atom stereocenters. The smallest absolute Gasteiger partial charge is 0.244 e. The van der Waals surface area contributed by atoms with Gasteiger partial charge in [-0.15, -0.1) is 0 Å². The molecule has 1 amide bonds. The van der Waals surface area contributed by atoms with Crippen LogP contribution in [0.15, 0.2) is 87.5 Å². The number of aryl methyl sites for hydroxylation is 1. The number of nitrogens with zero attached hydrogens (tertiary/aromatic N) is 1. The van der Waals surface area contributed by atoms with Crippen LogP contribution < -0.4 is 10.7 Å². The minimum atomic E-state index is -4.26. The lowest BCUT2D eigenvalue weighted by molar-refractivity contribution is -0.116. The molecule has 1 heterocycles. The lowest BCUT2D eigenvalue weighted by atomic mass is 10.2. The Morgan fingerprint density at radius 1 is 1.06 bits per heavy atom. The molecule has 33 heavy (non-hydrogen) atoms. The number of halogens is 2. The monoisotopic (exact) mass is 484 g/mol. The third-order valence-corrected chi connectivity index (χ3v) is 7.17. The van der Waals surface area contributed by atoms with E-state index in [0.29, 0.717) is 10.7 Å². The average molecular weight is 485 g/mol. The summed E-state index contributed by atoms with van der Waals surface area (Å²) in [5.74, 6) is -1.13. The summed E-state index contributed by atoms with van der Waals surface area (Å²) in [7, 11) is -4.26. The first-order valence-corrected chi connectivity index (χ1v) is 11.7. The third-order valence-electron chi connectivity index (χ3n) is 5.16. The molecule has 0 saturated carbocycles. The number of hydrogen-bond donors (Lipinski definition) is 1. The second-order valence-electron chi connectivity index (χ2n) is 7.43. The zero-order valence-electron chi connectivity index (χ0n) is 17.4. The number of sulfone groups is 1. The molecule has 0 saturated heterocycles. The van der Waals surface area contributed by atoms with Crippen molar-refractivity contribution in [3.05, 3.63) is 99.6 Å². The number of nitrogens with one attached hydrogen (secondary N) is 1. The van der Waals surface area contributed by atoms with Crippen LogP contribution in [-0.2, 0) is 21.2 Å². The molecular weight excluding hydrogens is 467 g/mol. The Morgan fingerprint density at radius 2 is 1.76 bits per heavy atom. The summed E-state index contributed by atoms with van der Waals surface area (Å²) >= 11 is 5.85. The highest BCUT2D eigenvalue weighted by molar-refractivity contribution is 7.91. The van der Waals surface area contributed by atoms with Gasteiger partial charge in [-0.1, -0.05) is 29.8 Å². The van der Waals surface area contributed by atoms with Crippen LogP contribution in [0.2, 0.25) is 5.02 Å². The van der Waals surface area contributed by atoms with Gasteiger partial charge in [-0.05, 0) is 61.0 Å². The van der Waals surface area contributed by atoms with Gasteiger partial charge < -0.3 is 9.88 Å². The highest BCUT2D eigenvalue weighted by Gasteiger charge is 2.24. The van der Waals surface area contributed by atoms with Gasteiger partial charge in [0, 0.05) is 22.3 Å². The van der Waals surface area contributed by atoms with E-state index in [0.717, 1.165) is 23.9 Å². The van der Waals surface area contributed by atoms with E-state index in [1.807, 2.05) is 19.1 Å². The molecular formula is C24H18ClFN2O4S. The first-order valence-electron chi connectivity index (χ1n) is 9.85. The highest BCUT2D eigenvalue weighted by atomic mass is 35.5. The minimum absolute atomic E-state index is 0.143. The molecule has 3 aromatic carbocycles. The average Bonchev–Trinajstić information content (AvgIpc) is 2.77. The summed E-state index contributed by atoms with van der Waals surface area (Å²) in [6.45, 7) is 1.55. The quantitative estimate of drug-likeness (QED) is 0.449. The molecule has 1 aromatic heterocycles. The molecule has 168 valence electrons. The predicted octanol–water partition coefficient (Wildman–Crippen LogP) is 4.57. The van der Waals surface area contributed by atoms with Crippen LogP contribution in [0.25, 0.3) is 10.9 Å². The number of amides is 1. The van der Waals surface area contributed by atoms with E-state index in [1.54, 1.807) is 12.1 Å². The van der Waals surface area contributed by atoms with Crippen LogP contribution in [-0.4, -0.2) is 18.9 Å². The summed E-state index contributed by atoms with van der Waals surface area (Å²) in [6.07, 6.45) is 1.12. The van der Waals surface area contributed by atoms with E-state index in [-0.39, 0.29) is 22.3 Å². The summed E-state index contributed by atoms with van der Waals surface area (Å²) in [5, 5.41) is 2.96. The number of aromatic nitrogens is 1. The third kappa shape index (κ3) is 4.53. The van der Waals surface area contributed by atoms with E-state index < -0.39 is 31.9 Å². The van der Waals surface area contributed by atoms with Gasteiger partial charge in [0.25, 0.3) is 0 Å². The fraction of sp³-hybridized carbons (Fsp3) is 0.0833. The Kier molecular flexibility index (Phi) is 6.05. The molecule has 0 bridgehead atoms. The maximum atomic E-state index is 13.9. The number of hydrogen-bond acceptors (Lipinski definition) is 4. The molecule has 6 nitrogen and oxygen atoms in total. The fourth-order valence-corrected chi connectivity index (χ4v) is 4.96. The van der Waals surface area contributed by atoms with Crippen molar-refractivity contribution in [3.8, 4) is 0 Å². The van der Waals surface area contributed by atoms with E-state index >= 15 is 0 Å². The van der Waals surface area contributed by atoms with Crippen LogP contribution in [0.4, 0.5) is 10.1 Å². The number of rotatable bonds is 5. The van der Waals surface area contributed by atoms with Crippen molar-refractivity contribution in [3.63, 3.8) is 0 Å². The molecule has 0 fully saturated rings. The van der Waals surface area contributed by atoms with Crippen molar-refractivity contribution in [2.45, 2.75) is 23.3 Å². The number of para-hydroxylation sites is 1. The number of benzene rings is 3. The van der Waals surface area contributed by atoms with Crippen LogP contribution >= 0.6 is 11.6 Å². The normalized spacial score (nSPS) is 11.5. The van der Waals surface area contributed by atoms with E-state index in [2.05, 4.69) is 5.32 Å². The van der Waals surface area contributed by atoms with Crippen LogP contribution in [0.5, 0.6) is 0 Å². The van der Waals surface area contributed by atoms with Crippen molar-refractivity contribution in [2.75, 3.05) is 5.32 Å². The Hall–Kier alpha value is -3.49.